The Bertz CT molecular complexity index is 1360. The zero-order valence-electron chi connectivity index (χ0n) is 18.4. The lowest BCUT2D eigenvalue weighted by Crippen LogP contribution is -2.30. The molecule has 0 bridgehead atoms. The van der Waals surface area contributed by atoms with Crippen LogP contribution in [0.4, 0.5) is 13.2 Å². The number of carbonyl (C=O) groups is 1. The molecule has 0 fully saturated rings. The zero-order chi connectivity index (χ0) is 24.7. The van der Waals surface area contributed by atoms with E-state index in [0.29, 0.717) is 16.1 Å². The smallest absolute Gasteiger partial charge is 0.435 e. The van der Waals surface area contributed by atoms with Gasteiger partial charge in [0.05, 0.1) is 33.8 Å². The van der Waals surface area contributed by atoms with E-state index in [-0.39, 0.29) is 10.7 Å². The van der Waals surface area contributed by atoms with E-state index in [1.54, 1.807) is 62.6 Å². The molecule has 4 rings (SSSR count). The van der Waals surface area contributed by atoms with Gasteiger partial charge < -0.3 is 4.74 Å². The van der Waals surface area contributed by atoms with Crippen molar-refractivity contribution in [2.75, 3.05) is 7.11 Å². The maximum Gasteiger partial charge on any atom is 0.435 e. The van der Waals surface area contributed by atoms with Crippen LogP contribution in [0.5, 0.6) is 0 Å². The van der Waals surface area contributed by atoms with E-state index in [1.165, 1.54) is 23.1 Å². The van der Waals surface area contributed by atoms with Crippen LogP contribution in [0.1, 0.15) is 25.1 Å². The fraction of sp³-hybridized carbons (Fsp3) is 0.208. The number of pyridine rings is 1. The number of aromatic nitrogens is 3. The van der Waals surface area contributed by atoms with Crippen molar-refractivity contribution in [3.63, 3.8) is 0 Å². The summed E-state index contributed by atoms with van der Waals surface area (Å²) in [5.41, 5.74) is 0.0600. The maximum atomic E-state index is 13.5. The Kier molecular flexibility index (Phi) is 6.26. The fourth-order valence-corrected chi connectivity index (χ4v) is 4.63. The van der Waals surface area contributed by atoms with E-state index in [1.807, 2.05) is 6.07 Å². The molecule has 0 radical (unpaired) electrons. The lowest BCUT2D eigenvalue weighted by Gasteiger charge is -2.21. The van der Waals surface area contributed by atoms with Crippen LogP contribution in [0.3, 0.4) is 0 Å². The molecule has 10 heteroatoms. The van der Waals surface area contributed by atoms with Gasteiger partial charge in [-0.15, -0.1) is 11.3 Å². The third-order valence-electron chi connectivity index (χ3n) is 5.38. The van der Waals surface area contributed by atoms with Gasteiger partial charge in [-0.25, -0.2) is 4.68 Å². The van der Waals surface area contributed by atoms with E-state index in [9.17, 15) is 18.0 Å². The number of thiophene rings is 1. The summed E-state index contributed by atoms with van der Waals surface area (Å²) in [5, 5.41) is 4.07. The largest absolute Gasteiger partial charge is 0.468 e. The molecule has 0 aliphatic rings. The summed E-state index contributed by atoms with van der Waals surface area (Å²) >= 11 is 7.54. The highest BCUT2D eigenvalue weighted by Crippen LogP contribution is 2.40. The van der Waals surface area contributed by atoms with Crippen molar-refractivity contribution in [1.82, 2.24) is 14.8 Å². The summed E-state index contributed by atoms with van der Waals surface area (Å²) in [6, 6.07) is 12.9. The van der Waals surface area contributed by atoms with E-state index >= 15 is 0 Å². The van der Waals surface area contributed by atoms with Crippen LogP contribution in [0.15, 0.2) is 60.9 Å². The first kappa shape index (κ1) is 24.0. The van der Waals surface area contributed by atoms with Crippen molar-refractivity contribution in [1.29, 1.82) is 0 Å². The molecule has 3 aromatic heterocycles. The van der Waals surface area contributed by atoms with Crippen molar-refractivity contribution < 1.29 is 22.7 Å². The number of para-hydroxylation sites is 1. The Morgan fingerprint density at radius 3 is 2.44 bits per heavy atom. The second-order valence-electron chi connectivity index (χ2n) is 8.02. The van der Waals surface area contributed by atoms with Gasteiger partial charge in [0.25, 0.3) is 0 Å². The van der Waals surface area contributed by atoms with E-state index in [2.05, 4.69) is 10.1 Å². The van der Waals surface area contributed by atoms with Crippen LogP contribution in [0, 0.1) is 0 Å². The molecule has 0 aliphatic carbocycles. The van der Waals surface area contributed by atoms with Crippen LogP contribution in [0.25, 0.3) is 26.7 Å². The molecule has 0 unspecified atom stereocenters. The van der Waals surface area contributed by atoms with Crippen molar-refractivity contribution in [3.05, 3.63) is 77.2 Å². The highest BCUT2D eigenvalue weighted by atomic mass is 35.5. The molecule has 4 aromatic rings. The molecule has 5 nitrogen and oxygen atoms in total. The molecule has 3 heterocycles. The van der Waals surface area contributed by atoms with Crippen LogP contribution in [-0.2, 0) is 21.1 Å². The zero-order valence-corrected chi connectivity index (χ0v) is 19.9. The molecule has 34 heavy (non-hydrogen) atoms. The number of carbonyl (C=O) groups excluding carboxylic acids is 1. The molecule has 0 atom stereocenters. The number of alkyl halides is 3. The Morgan fingerprint density at radius 1 is 1.06 bits per heavy atom. The summed E-state index contributed by atoms with van der Waals surface area (Å²) in [7, 11) is 1.32. The van der Waals surface area contributed by atoms with E-state index in [0.717, 1.165) is 16.5 Å². The highest BCUT2D eigenvalue weighted by Gasteiger charge is 2.36. The van der Waals surface area contributed by atoms with Crippen molar-refractivity contribution in [2.45, 2.75) is 25.4 Å². The van der Waals surface area contributed by atoms with Crippen LogP contribution in [0.2, 0.25) is 5.02 Å². The van der Waals surface area contributed by atoms with Gasteiger partial charge in [0.1, 0.15) is 0 Å². The Morgan fingerprint density at radius 2 is 1.76 bits per heavy atom. The van der Waals surface area contributed by atoms with E-state index < -0.39 is 23.3 Å². The van der Waals surface area contributed by atoms with Crippen LogP contribution >= 0.6 is 22.9 Å². The minimum Gasteiger partial charge on any atom is -0.468 e. The quantitative estimate of drug-likeness (QED) is 0.280. The summed E-state index contributed by atoms with van der Waals surface area (Å²) in [6.07, 6.45) is -1.38. The Balaban J connectivity index is 1.79. The molecule has 0 saturated heterocycles. The van der Waals surface area contributed by atoms with E-state index in [4.69, 9.17) is 16.3 Å². The van der Waals surface area contributed by atoms with Crippen molar-refractivity contribution in [3.8, 4) is 26.7 Å². The molecule has 1 aromatic carbocycles. The molecule has 176 valence electrons. The van der Waals surface area contributed by atoms with Gasteiger partial charge in [0, 0.05) is 22.8 Å². The number of halogens is 4. The third-order valence-corrected chi connectivity index (χ3v) is 6.86. The fourth-order valence-electron chi connectivity index (χ4n) is 3.42. The Hall–Kier alpha value is -3.17. The lowest BCUT2D eigenvalue weighted by molar-refractivity contribution is -0.146. The average Bonchev–Trinajstić information content (AvgIpc) is 3.46. The number of esters is 1. The first-order valence-electron chi connectivity index (χ1n) is 10.1. The summed E-state index contributed by atoms with van der Waals surface area (Å²) in [4.78, 5) is 17.8. The molecule has 0 aliphatic heterocycles. The van der Waals surface area contributed by atoms with Gasteiger partial charge in [-0.1, -0.05) is 23.7 Å². The molecular formula is C24H19ClF3N3O2S. The van der Waals surface area contributed by atoms with Gasteiger partial charge >= 0.3 is 12.1 Å². The summed E-state index contributed by atoms with van der Waals surface area (Å²) < 4.78 is 46.5. The average molecular weight is 506 g/mol. The highest BCUT2D eigenvalue weighted by molar-refractivity contribution is 7.18. The standard InChI is InChI=1S/C24H19ClF3N3O2S/c1-23(2,22(32)33-3)15-10-14(12-29-13-15)19-8-9-20(34-19)18-11-21(24(26,27)28)30-31(18)17-7-5-4-6-16(17)25/h4-13H,1-3H3. The van der Waals surface area contributed by atoms with Crippen LogP contribution in [-0.4, -0.2) is 27.8 Å². The van der Waals surface area contributed by atoms with Gasteiger partial charge in [-0.3, -0.25) is 9.78 Å². The normalized spacial score (nSPS) is 12.1. The first-order valence-corrected chi connectivity index (χ1v) is 11.3. The number of hydrogen-bond donors (Lipinski definition) is 0. The minimum absolute atomic E-state index is 0.260. The summed E-state index contributed by atoms with van der Waals surface area (Å²) in [5.74, 6) is -0.401. The van der Waals surface area contributed by atoms with Gasteiger partial charge in [-0.05, 0) is 55.8 Å². The molecular weight excluding hydrogens is 487 g/mol. The molecule has 0 amide bonds. The van der Waals surface area contributed by atoms with Crippen molar-refractivity contribution in [2.24, 2.45) is 0 Å². The second kappa shape index (κ2) is 8.88. The monoisotopic (exact) mass is 505 g/mol. The lowest BCUT2D eigenvalue weighted by atomic mass is 9.85. The predicted octanol–water partition coefficient (Wildman–Crippen LogP) is 6.79. The topological polar surface area (TPSA) is 57.0 Å². The molecule has 0 spiro atoms. The molecule has 0 saturated carbocycles. The molecule has 0 N–H and O–H groups in total. The second-order valence-corrected chi connectivity index (χ2v) is 9.51. The predicted molar refractivity (Wildman–Crippen MR) is 125 cm³/mol. The number of ether oxygens (including phenoxy) is 1. The van der Waals surface area contributed by atoms with Crippen LogP contribution < -0.4 is 0 Å². The van der Waals surface area contributed by atoms with Gasteiger partial charge in [-0.2, -0.15) is 18.3 Å². The third kappa shape index (κ3) is 4.45. The number of nitrogens with zero attached hydrogens (tertiary/aromatic N) is 3. The Labute approximate surface area is 202 Å². The van der Waals surface area contributed by atoms with Gasteiger partial charge in [0.2, 0.25) is 0 Å². The number of hydrogen-bond acceptors (Lipinski definition) is 5. The number of rotatable bonds is 5. The maximum absolute atomic E-state index is 13.5. The number of methoxy groups -OCH3 is 1. The first-order chi connectivity index (χ1) is 16.0. The summed E-state index contributed by atoms with van der Waals surface area (Å²) in [6.45, 7) is 3.47. The number of benzene rings is 1. The minimum atomic E-state index is -4.61. The SMILES string of the molecule is COC(=O)C(C)(C)c1cncc(-c2ccc(-c3cc(C(F)(F)F)nn3-c3ccccc3Cl)s2)c1. The van der Waals surface area contributed by atoms with Crippen molar-refractivity contribution >= 4 is 28.9 Å². The van der Waals surface area contributed by atoms with Gasteiger partial charge in [0.15, 0.2) is 5.69 Å².